The zero-order chi connectivity index (χ0) is 7.94. The van der Waals surface area contributed by atoms with E-state index in [4.69, 9.17) is 0 Å². The Balaban J connectivity index is 2.28. The zero-order valence-corrected chi connectivity index (χ0v) is 8.25. The van der Waals surface area contributed by atoms with E-state index in [9.17, 15) is 0 Å². The van der Waals surface area contributed by atoms with E-state index in [0.717, 1.165) is 0 Å². The van der Waals surface area contributed by atoms with Gasteiger partial charge < -0.3 is 0 Å². The molecule has 0 unspecified atom stereocenters. The molecule has 1 rings (SSSR count). The molecule has 0 aromatic heterocycles. The molecule has 0 atom stereocenters. The summed E-state index contributed by atoms with van der Waals surface area (Å²) >= 11 is 0. The lowest BCUT2D eigenvalue weighted by molar-refractivity contribution is 1.16. The fourth-order valence-electron chi connectivity index (χ4n) is 0.888. The topological polar surface area (TPSA) is 0 Å². The molecule has 0 spiro atoms. The van der Waals surface area contributed by atoms with Crippen molar-refractivity contribution in [1.82, 2.24) is 0 Å². The first-order chi connectivity index (χ1) is 5.43. The standard InChI is InChI=1S/C9H12S2/c1-10-11-8-7-9-5-3-2-4-6-9/h2-6H,7-8H2,1H3. The van der Waals surface area contributed by atoms with Gasteiger partial charge in [-0.05, 0) is 18.2 Å². The average molecular weight is 184 g/mol. The molecule has 0 fully saturated rings. The monoisotopic (exact) mass is 184 g/mol. The first kappa shape index (κ1) is 9.01. The van der Waals surface area contributed by atoms with Crippen molar-refractivity contribution >= 4 is 21.6 Å². The molecule has 1 aromatic carbocycles. The van der Waals surface area contributed by atoms with Crippen LogP contribution in [0.4, 0.5) is 0 Å². The molecule has 0 aliphatic heterocycles. The number of aryl methyl sites for hydroxylation is 1. The van der Waals surface area contributed by atoms with E-state index in [0.29, 0.717) is 0 Å². The molecular weight excluding hydrogens is 172 g/mol. The lowest BCUT2D eigenvalue weighted by atomic mass is 10.2. The fourth-order valence-corrected chi connectivity index (χ4v) is 2.12. The van der Waals surface area contributed by atoms with Crippen LogP contribution < -0.4 is 0 Å². The van der Waals surface area contributed by atoms with Gasteiger partial charge in [-0.2, -0.15) is 0 Å². The minimum absolute atomic E-state index is 1.19. The molecule has 0 nitrogen and oxygen atoms in total. The summed E-state index contributed by atoms with van der Waals surface area (Å²) in [7, 11) is 3.76. The van der Waals surface area contributed by atoms with Crippen LogP contribution in [0.2, 0.25) is 0 Å². The van der Waals surface area contributed by atoms with Gasteiger partial charge in [-0.15, -0.1) is 0 Å². The van der Waals surface area contributed by atoms with Gasteiger partial charge in [0, 0.05) is 5.75 Å². The molecule has 2 heteroatoms. The van der Waals surface area contributed by atoms with Crippen LogP contribution in [0.25, 0.3) is 0 Å². The average Bonchev–Trinajstić information content (AvgIpc) is 2.07. The summed E-state index contributed by atoms with van der Waals surface area (Å²) in [6.07, 6.45) is 3.31. The molecule has 0 N–H and O–H groups in total. The molecule has 0 saturated heterocycles. The van der Waals surface area contributed by atoms with Crippen LogP contribution in [0.5, 0.6) is 0 Å². The van der Waals surface area contributed by atoms with Gasteiger partial charge >= 0.3 is 0 Å². The van der Waals surface area contributed by atoms with Crippen molar-refractivity contribution in [3.05, 3.63) is 35.9 Å². The molecule has 1 aromatic rings. The second-order valence-electron chi connectivity index (χ2n) is 2.22. The van der Waals surface area contributed by atoms with Crippen LogP contribution in [-0.4, -0.2) is 12.0 Å². The van der Waals surface area contributed by atoms with Crippen LogP contribution in [-0.2, 0) is 6.42 Å². The quantitative estimate of drug-likeness (QED) is 0.520. The Morgan fingerprint density at radius 3 is 2.55 bits per heavy atom. The lowest BCUT2D eigenvalue weighted by Crippen LogP contribution is -1.84. The van der Waals surface area contributed by atoms with Gasteiger partial charge in [-0.3, -0.25) is 0 Å². The number of hydrogen-bond acceptors (Lipinski definition) is 2. The van der Waals surface area contributed by atoms with Crippen LogP contribution in [0.3, 0.4) is 0 Å². The first-order valence-electron chi connectivity index (χ1n) is 3.63. The lowest BCUT2D eigenvalue weighted by Gasteiger charge is -1.97. The molecule has 11 heavy (non-hydrogen) atoms. The Bertz CT molecular complexity index is 184. The van der Waals surface area contributed by atoms with Crippen molar-refractivity contribution in [3.8, 4) is 0 Å². The van der Waals surface area contributed by atoms with Crippen molar-refractivity contribution < 1.29 is 0 Å². The van der Waals surface area contributed by atoms with Crippen LogP contribution in [0, 0.1) is 0 Å². The van der Waals surface area contributed by atoms with E-state index < -0.39 is 0 Å². The highest BCUT2D eigenvalue weighted by Gasteiger charge is 1.89. The number of hydrogen-bond donors (Lipinski definition) is 0. The fraction of sp³-hybridized carbons (Fsp3) is 0.333. The first-order valence-corrected chi connectivity index (χ1v) is 6.36. The van der Waals surface area contributed by atoms with Crippen LogP contribution in [0.15, 0.2) is 30.3 Å². The molecule has 0 radical (unpaired) electrons. The third kappa shape index (κ3) is 3.73. The Labute approximate surface area is 76.2 Å². The van der Waals surface area contributed by atoms with Gasteiger partial charge in [0.25, 0.3) is 0 Å². The number of benzene rings is 1. The highest BCUT2D eigenvalue weighted by Crippen LogP contribution is 2.17. The van der Waals surface area contributed by atoms with Gasteiger partial charge in [0.15, 0.2) is 0 Å². The maximum absolute atomic E-state index is 2.18. The molecule has 0 saturated carbocycles. The van der Waals surface area contributed by atoms with Crippen molar-refractivity contribution in [3.63, 3.8) is 0 Å². The van der Waals surface area contributed by atoms with E-state index >= 15 is 0 Å². The Hall–Kier alpha value is -0.0800. The molecule has 0 aliphatic carbocycles. The summed E-state index contributed by atoms with van der Waals surface area (Å²) in [6.45, 7) is 0. The molecule has 0 heterocycles. The Kier molecular flexibility index (Phi) is 4.55. The van der Waals surface area contributed by atoms with Gasteiger partial charge in [0.2, 0.25) is 0 Å². The van der Waals surface area contributed by atoms with E-state index in [1.165, 1.54) is 17.7 Å². The molecule has 0 amide bonds. The summed E-state index contributed by atoms with van der Waals surface area (Å²) < 4.78 is 0. The molecule has 60 valence electrons. The third-order valence-electron chi connectivity index (χ3n) is 1.43. The van der Waals surface area contributed by atoms with Crippen molar-refractivity contribution in [2.45, 2.75) is 6.42 Å². The van der Waals surface area contributed by atoms with Gasteiger partial charge in [-0.1, -0.05) is 51.9 Å². The van der Waals surface area contributed by atoms with Crippen molar-refractivity contribution in [2.24, 2.45) is 0 Å². The second-order valence-corrected chi connectivity index (χ2v) is 4.91. The largest absolute Gasteiger partial charge is 0.0976 e. The summed E-state index contributed by atoms with van der Waals surface area (Å²) in [4.78, 5) is 0. The molecule has 0 bridgehead atoms. The summed E-state index contributed by atoms with van der Waals surface area (Å²) in [5.74, 6) is 1.21. The zero-order valence-electron chi connectivity index (χ0n) is 6.62. The number of rotatable bonds is 4. The smallest absolute Gasteiger partial charge is 0.00773 e. The maximum atomic E-state index is 2.18. The summed E-state index contributed by atoms with van der Waals surface area (Å²) in [5.41, 5.74) is 1.44. The maximum Gasteiger partial charge on any atom is 0.00773 e. The summed E-state index contributed by atoms with van der Waals surface area (Å²) in [6, 6.07) is 10.6. The van der Waals surface area contributed by atoms with E-state index in [-0.39, 0.29) is 0 Å². The van der Waals surface area contributed by atoms with Gasteiger partial charge in [0.1, 0.15) is 0 Å². The second kappa shape index (κ2) is 5.56. The van der Waals surface area contributed by atoms with E-state index in [1.807, 2.05) is 21.6 Å². The van der Waals surface area contributed by atoms with Crippen LogP contribution >= 0.6 is 21.6 Å². The highest BCUT2D eigenvalue weighted by molar-refractivity contribution is 8.76. The summed E-state index contributed by atoms with van der Waals surface area (Å²) in [5, 5.41) is 0. The Morgan fingerprint density at radius 1 is 1.18 bits per heavy atom. The van der Waals surface area contributed by atoms with Gasteiger partial charge in [-0.25, -0.2) is 0 Å². The SMILES string of the molecule is CSSCCc1ccccc1. The van der Waals surface area contributed by atoms with Crippen LogP contribution in [0.1, 0.15) is 5.56 Å². The molecule has 0 aliphatic rings. The Morgan fingerprint density at radius 2 is 1.91 bits per heavy atom. The van der Waals surface area contributed by atoms with Crippen molar-refractivity contribution in [2.75, 3.05) is 12.0 Å². The third-order valence-corrected chi connectivity index (χ3v) is 3.25. The minimum Gasteiger partial charge on any atom is -0.0976 e. The van der Waals surface area contributed by atoms with E-state index in [1.54, 1.807) is 0 Å². The minimum atomic E-state index is 1.19. The van der Waals surface area contributed by atoms with Gasteiger partial charge in [0.05, 0.1) is 0 Å². The highest BCUT2D eigenvalue weighted by atomic mass is 33.1. The molecular formula is C9H12S2. The predicted octanol–water partition coefficient (Wildman–Crippen LogP) is 3.24. The van der Waals surface area contributed by atoms with E-state index in [2.05, 4.69) is 36.6 Å². The van der Waals surface area contributed by atoms with Crippen molar-refractivity contribution in [1.29, 1.82) is 0 Å². The normalized spacial score (nSPS) is 9.91. The predicted molar refractivity (Wildman–Crippen MR) is 56.1 cm³/mol.